The molecule has 28 heavy (non-hydrogen) atoms. The number of amides is 1. The van der Waals surface area contributed by atoms with Gasteiger partial charge in [-0.05, 0) is 60.7 Å². The fourth-order valence-electron chi connectivity index (χ4n) is 3.39. The number of carbonyl (C=O) groups is 1. The first-order valence-corrected chi connectivity index (χ1v) is 10.1. The first kappa shape index (κ1) is 20.7. The fraction of sp³-hybridized carbons (Fsp3) is 0.381. The van der Waals surface area contributed by atoms with E-state index >= 15 is 0 Å². The number of hydrogen-bond acceptors (Lipinski definition) is 3. The molecular weight excluding hydrogens is 400 g/mol. The average Bonchev–Trinajstić information content (AvgIpc) is 2.68. The minimum atomic E-state index is -0.478. The Balaban J connectivity index is 1.84. The third-order valence-corrected chi connectivity index (χ3v) is 5.88. The lowest BCUT2D eigenvalue weighted by atomic mass is 9.93. The van der Waals surface area contributed by atoms with Gasteiger partial charge < -0.3 is 16.0 Å². The second-order valence-electron chi connectivity index (χ2n) is 7.35. The summed E-state index contributed by atoms with van der Waals surface area (Å²) >= 11 is 12.4. The van der Waals surface area contributed by atoms with Gasteiger partial charge in [0.2, 0.25) is 5.91 Å². The van der Waals surface area contributed by atoms with Crippen LogP contribution in [0.4, 0.5) is 15.8 Å². The molecule has 0 radical (unpaired) electrons. The summed E-state index contributed by atoms with van der Waals surface area (Å²) in [5.41, 5.74) is 7.60. The number of anilines is 2. The molecule has 0 bridgehead atoms. The Bertz CT molecular complexity index is 813. The highest BCUT2D eigenvalue weighted by molar-refractivity contribution is 6.39. The highest BCUT2D eigenvalue weighted by atomic mass is 35.5. The van der Waals surface area contributed by atoms with Crippen LogP contribution in [0.1, 0.15) is 31.2 Å². The number of carbonyl (C=O) groups excluding carboxylic acids is 1. The highest BCUT2D eigenvalue weighted by Gasteiger charge is 2.29. The Morgan fingerprint density at radius 3 is 2.36 bits per heavy atom. The van der Waals surface area contributed by atoms with E-state index in [1.807, 2.05) is 4.90 Å². The first-order chi connectivity index (χ1) is 13.3. The van der Waals surface area contributed by atoms with Gasteiger partial charge in [-0.15, -0.1) is 0 Å². The number of halogens is 3. The smallest absolute Gasteiger partial charge is 0.231 e. The fourth-order valence-corrected chi connectivity index (χ4v) is 3.89. The number of nitrogens with two attached hydrogens (primary N) is 1. The maximum atomic E-state index is 13.3. The Labute approximate surface area is 174 Å². The number of rotatable bonds is 5. The zero-order valence-electron chi connectivity index (χ0n) is 15.7. The molecule has 1 amide bonds. The Kier molecular flexibility index (Phi) is 6.68. The third-order valence-electron chi connectivity index (χ3n) is 5.25. The summed E-state index contributed by atoms with van der Waals surface area (Å²) in [4.78, 5) is 15.2. The molecule has 2 aromatic carbocycles. The maximum Gasteiger partial charge on any atom is 0.231 e. The van der Waals surface area contributed by atoms with Crippen LogP contribution < -0.4 is 11.1 Å². The summed E-state index contributed by atoms with van der Waals surface area (Å²) in [6, 6.07) is 9.43. The summed E-state index contributed by atoms with van der Waals surface area (Å²) in [6.45, 7) is 4.02. The van der Waals surface area contributed by atoms with Crippen molar-refractivity contribution >= 4 is 40.5 Å². The molecule has 0 aliphatic carbocycles. The van der Waals surface area contributed by atoms with Gasteiger partial charge >= 0.3 is 0 Å². The van der Waals surface area contributed by atoms with E-state index in [-0.39, 0.29) is 11.7 Å². The number of piperidine rings is 1. The minimum absolute atomic E-state index is 0.0263. The number of hydrogen-bond donors (Lipinski definition) is 2. The lowest BCUT2D eigenvalue weighted by Crippen LogP contribution is -2.42. The molecule has 0 spiro atoms. The second-order valence-corrected chi connectivity index (χ2v) is 8.16. The lowest BCUT2D eigenvalue weighted by Gasteiger charge is -2.33. The molecule has 7 heteroatoms. The summed E-state index contributed by atoms with van der Waals surface area (Å²) in [5, 5.41) is 3.88. The normalized spacial score (nSPS) is 16.1. The molecule has 150 valence electrons. The monoisotopic (exact) mass is 423 g/mol. The van der Waals surface area contributed by atoms with Crippen molar-refractivity contribution in [3.05, 3.63) is 57.8 Å². The van der Waals surface area contributed by atoms with Crippen molar-refractivity contribution in [1.82, 2.24) is 4.90 Å². The molecule has 0 aromatic heterocycles. The van der Waals surface area contributed by atoms with Crippen LogP contribution in [-0.4, -0.2) is 30.4 Å². The van der Waals surface area contributed by atoms with Crippen LogP contribution in [0.15, 0.2) is 36.4 Å². The van der Waals surface area contributed by atoms with Crippen molar-refractivity contribution in [1.29, 1.82) is 0 Å². The summed E-state index contributed by atoms with van der Waals surface area (Å²) < 4.78 is 13.2. The zero-order valence-corrected chi connectivity index (χ0v) is 17.2. The predicted molar refractivity (Wildman–Crippen MR) is 113 cm³/mol. The van der Waals surface area contributed by atoms with Gasteiger partial charge in [-0.2, -0.15) is 0 Å². The van der Waals surface area contributed by atoms with Crippen LogP contribution in [0.5, 0.6) is 0 Å². The quantitative estimate of drug-likeness (QED) is 0.652. The van der Waals surface area contributed by atoms with Crippen molar-refractivity contribution in [3.8, 4) is 0 Å². The molecule has 4 nitrogen and oxygen atoms in total. The van der Waals surface area contributed by atoms with E-state index in [0.29, 0.717) is 33.8 Å². The molecule has 1 saturated heterocycles. The van der Waals surface area contributed by atoms with Gasteiger partial charge in [0.05, 0.1) is 21.7 Å². The van der Waals surface area contributed by atoms with Crippen LogP contribution in [0.25, 0.3) is 0 Å². The number of likely N-dealkylation sites (tertiary alicyclic amines) is 1. The van der Waals surface area contributed by atoms with Gasteiger partial charge in [-0.25, -0.2) is 4.39 Å². The van der Waals surface area contributed by atoms with Crippen molar-refractivity contribution in [2.24, 2.45) is 5.92 Å². The van der Waals surface area contributed by atoms with E-state index in [1.165, 1.54) is 12.1 Å². The number of benzene rings is 2. The SMILES string of the molecule is CC1CCN(C(=O)C(CNc2ccc(F)cc2)c2cc(Cl)c(N)c(Cl)c2)CC1. The molecule has 2 aromatic rings. The molecule has 1 heterocycles. The van der Waals surface area contributed by atoms with Crippen LogP contribution in [-0.2, 0) is 4.79 Å². The Morgan fingerprint density at radius 1 is 1.21 bits per heavy atom. The maximum absolute atomic E-state index is 13.3. The molecule has 1 aliphatic rings. The Hall–Kier alpha value is -1.98. The van der Waals surface area contributed by atoms with E-state index in [4.69, 9.17) is 28.9 Å². The minimum Gasteiger partial charge on any atom is -0.396 e. The largest absolute Gasteiger partial charge is 0.396 e. The zero-order chi connectivity index (χ0) is 20.3. The molecule has 1 atom stereocenters. The Morgan fingerprint density at radius 2 is 1.79 bits per heavy atom. The molecular formula is C21H24Cl2FN3O. The predicted octanol–water partition coefficient (Wildman–Crippen LogP) is 5.17. The molecule has 0 saturated carbocycles. The van der Waals surface area contributed by atoms with Crippen molar-refractivity contribution in [3.63, 3.8) is 0 Å². The summed E-state index contributed by atoms with van der Waals surface area (Å²) in [7, 11) is 0. The molecule has 1 unspecified atom stereocenters. The first-order valence-electron chi connectivity index (χ1n) is 9.37. The molecule has 1 aliphatic heterocycles. The van der Waals surface area contributed by atoms with Gasteiger partial charge in [0.15, 0.2) is 0 Å². The van der Waals surface area contributed by atoms with Gasteiger partial charge in [0, 0.05) is 25.3 Å². The van der Waals surface area contributed by atoms with E-state index in [1.54, 1.807) is 24.3 Å². The van der Waals surface area contributed by atoms with E-state index in [0.717, 1.165) is 31.6 Å². The van der Waals surface area contributed by atoms with Crippen LogP contribution in [0, 0.1) is 11.7 Å². The summed E-state index contributed by atoms with van der Waals surface area (Å²) in [6.07, 6.45) is 1.99. The van der Waals surface area contributed by atoms with Crippen LogP contribution >= 0.6 is 23.2 Å². The standard InChI is InChI=1S/C21H24Cl2FN3O/c1-13-6-8-27(9-7-13)21(28)17(12-26-16-4-2-15(24)3-5-16)14-10-18(22)20(25)19(23)11-14/h2-5,10-11,13,17,26H,6-9,12,25H2,1H3. The molecule has 3 rings (SSSR count). The highest BCUT2D eigenvalue weighted by Crippen LogP contribution is 2.33. The van der Waals surface area contributed by atoms with Crippen molar-refractivity contribution in [2.45, 2.75) is 25.7 Å². The number of nitrogen functional groups attached to an aromatic ring is 1. The van der Waals surface area contributed by atoms with Gasteiger partial charge in [-0.1, -0.05) is 30.1 Å². The van der Waals surface area contributed by atoms with Crippen molar-refractivity contribution in [2.75, 3.05) is 30.7 Å². The van der Waals surface area contributed by atoms with Crippen LogP contribution in [0.2, 0.25) is 10.0 Å². The number of nitrogens with one attached hydrogen (secondary N) is 1. The summed E-state index contributed by atoms with van der Waals surface area (Å²) in [5.74, 6) is -0.134. The molecule has 3 N–H and O–H groups in total. The van der Waals surface area contributed by atoms with E-state index in [9.17, 15) is 9.18 Å². The molecule has 1 fully saturated rings. The second kappa shape index (κ2) is 9.01. The van der Waals surface area contributed by atoms with Gasteiger partial charge in [-0.3, -0.25) is 4.79 Å². The van der Waals surface area contributed by atoms with Crippen molar-refractivity contribution < 1.29 is 9.18 Å². The van der Waals surface area contributed by atoms with Gasteiger partial charge in [0.25, 0.3) is 0 Å². The third kappa shape index (κ3) is 4.89. The van der Waals surface area contributed by atoms with Gasteiger partial charge in [0.1, 0.15) is 5.82 Å². The average molecular weight is 424 g/mol. The number of nitrogens with zero attached hydrogens (tertiary/aromatic N) is 1. The van der Waals surface area contributed by atoms with E-state index < -0.39 is 5.92 Å². The van der Waals surface area contributed by atoms with Crippen LogP contribution in [0.3, 0.4) is 0 Å². The lowest BCUT2D eigenvalue weighted by molar-refractivity contribution is -0.133. The topological polar surface area (TPSA) is 58.4 Å². The van der Waals surface area contributed by atoms with E-state index in [2.05, 4.69) is 12.2 Å².